The van der Waals surface area contributed by atoms with Crippen LogP contribution in [0.5, 0.6) is 0 Å². The summed E-state index contributed by atoms with van der Waals surface area (Å²) in [5.41, 5.74) is 0. The van der Waals surface area contributed by atoms with Crippen LogP contribution in [0.2, 0.25) is 0 Å². The second kappa shape index (κ2) is 6.37. The van der Waals surface area contributed by atoms with Crippen molar-refractivity contribution >= 4 is 11.8 Å². The second-order valence-corrected chi connectivity index (χ2v) is 5.42. The van der Waals surface area contributed by atoms with Crippen LogP contribution < -0.4 is 0 Å². The number of aliphatic hydroxyl groups excluding tert-OH is 1. The number of thioether (sulfide) groups is 1. The second-order valence-electron chi connectivity index (χ2n) is 4.43. The van der Waals surface area contributed by atoms with E-state index < -0.39 is 6.10 Å². The molecule has 5 nitrogen and oxygen atoms in total. The van der Waals surface area contributed by atoms with E-state index in [9.17, 15) is 5.11 Å². The van der Waals surface area contributed by atoms with Crippen molar-refractivity contribution in [3.63, 3.8) is 0 Å². The lowest BCUT2D eigenvalue weighted by Crippen LogP contribution is -2.22. The first-order valence-electron chi connectivity index (χ1n) is 6.02. The fourth-order valence-electron chi connectivity index (χ4n) is 1.92. The van der Waals surface area contributed by atoms with E-state index in [1.165, 1.54) is 24.6 Å². The Morgan fingerprint density at radius 2 is 2.35 bits per heavy atom. The zero-order valence-corrected chi connectivity index (χ0v) is 10.9. The highest BCUT2D eigenvalue weighted by molar-refractivity contribution is 7.99. The molecule has 17 heavy (non-hydrogen) atoms. The summed E-state index contributed by atoms with van der Waals surface area (Å²) in [7, 11) is 1.89. The summed E-state index contributed by atoms with van der Waals surface area (Å²) in [6.45, 7) is 0.426. The summed E-state index contributed by atoms with van der Waals surface area (Å²) in [6, 6.07) is 0. The van der Waals surface area contributed by atoms with Gasteiger partial charge in [-0.15, -0.1) is 10.2 Å². The molecule has 1 unspecified atom stereocenters. The Kier molecular flexibility index (Phi) is 4.82. The first kappa shape index (κ1) is 12.9. The smallest absolute Gasteiger partial charge is 0.190 e. The van der Waals surface area contributed by atoms with Gasteiger partial charge in [-0.25, -0.2) is 0 Å². The van der Waals surface area contributed by atoms with E-state index in [4.69, 9.17) is 4.74 Å². The summed E-state index contributed by atoms with van der Waals surface area (Å²) in [5, 5.41) is 18.4. The molecule has 1 N–H and O–H groups in total. The van der Waals surface area contributed by atoms with E-state index in [1.54, 1.807) is 6.33 Å². The van der Waals surface area contributed by atoms with Gasteiger partial charge in [0.2, 0.25) is 0 Å². The van der Waals surface area contributed by atoms with Crippen molar-refractivity contribution in [2.75, 3.05) is 12.4 Å². The van der Waals surface area contributed by atoms with Crippen LogP contribution >= 0.6 is 11.8 Å². The van der Waals surface area contributed by atoms with Crippen LogP contribution in [0.15, 0.2) is 11.5 Å². The van der Waals surface area contributed by atoms with Gasteiger partial charge in [0.1, 0.15) is 6.33 Å². The lowest BCUT2D eigenvalue weighted by atomic mass is 10.3. The van der Waals surface area contributed by atoms with Crippen LogP contribution in [0.4, 0.5) is 0 Å². The average Bonchev–Trinajstić information content (AvgIpc) is 2.95. The number of rotatable bonds is 6. The molecule has 0 aliphatic heterocycles. The first-order valence-corrected chi connectivity index (χ1v) is 7.00. The standard InChI is InChI=1S/C11H19N3O2S/c1-14-8-12-13-11(14)17-7-9(15)6-16-10-4-2-3-5-10/h8-10,15H,2-7H2,1H3. The SMILES string of the molecule is Cn1cnnc1SCC(O)COC1CCCC1. The minimum Gasteiger partial charge on any atom is -0.390 e. The summed E-state index contributed by atoms with van der Waals surface area (Å²) in [4.78, 5) is 0. The maximum Gasteiger partial charge on any atom is 0.190 e. The minimum absolute atomic E-state index is 0.365. The predicted molar refractivity (Wildman–Crippen MR) is 65.9 cm³/mol. The molecule has 0 spiro atoms. The van der Waals surface area contributed by atoms with E-state index in [2.05, 4.69) is 10.2 Å². The third-order valence-corrected chi connectivity index (χ3v) is 4.08. The average molecular weight is 257 g/mol. The van der Waals surface area contributed by atoms with Gasteiger partial charge < -0.3 is 14.4 Å². The van der Waals surface area contributed by atoms with E-state index in [1.807, 2.05) is 11.6 Å². The third-order valence-electron chi connectivity index (χ3n) is 2.90. The first-order chi connectivity index (χ1) is 8.25. The van der Waals surface area contributed by atoms with Gasteiger partial charge in [-0.2, -0.15) is 0 Å². The Labute approximate surface area is 106 Å². The quantitative estimate of drug-likeness (QED) is 0.777. The van der Waals surface area contributed by atoms with Gasteiger partial charge >= 0.3 is 0 Å². The van der Waals surface area contributed by atoms with Crippen molar-refractivity contribution in [1.29, 1.82) is 0 Å². The van der Waals surface area contributed by atoms with Crippen molar-refractivity contribution in [3.05, 3.63) is 6.33 Å². The molecule has 1 atom stereocenters. The van der Waals surface area contributed by atoms with E-state index >= 15 is 0 Å². The van der Waals surface area contributed by atoms with Gasteiger partial charge in [0.05, 0.1) is 18.8 Å². The van der Waals surface area contributed by atoms with Crippen molar-refractivity contribution in [2.24, 2.45) is 7.05 Å². The number of hydrogen-bond acceptors (Lipinski definition) is 5. The normalized spacial score (nSPS) is 18.7. The zero-order valence-electron chi connectivity index (χ0n) is 10.1. The molecule has 6 heteroatoms. The maximum atomic E-state index is 9.80. The molecule has 1 fully saturated rings. The highest BCUT2D eigenvalue weighted by atomic mass is 32.2. The molecule has 0 bridgehead atoms. The van der Waals surface area contributed by atoms with Gasteiger partial charge in [0.15, 0.2) is 5.16 Å². The van der Waals surface area contributed by atoms with Crippen LogP contribution in [-0.4, -0.2) is 44.4 Å². The van der Waals surface area contributed by atoms with Gasteiger partial charge in [-0.05, 0) is 12.8 Å². The molecule has 1 heterocycles. The van der Waals surface area contributed by atoms with Gasteiger partial charge in [0, 0.05) is 12.8 Å². The van der Waals surface area contributed by atoms with Crippen molar-refractivity contribution in [3.8, 4) is 0 Å². The Morgan fingerprint density at radius 1 is 1.59 bits per heavy atom. The molecular weight excluding hydrogens is 238 g/mol. The summed E-state index contributed by atoms with van der Waals surface area (Å²) >= 11 is 1.50. The molecule has 1 aromatic rings. The molecule has 0 radical (unpaired) electrons. The summed E-state index contributed by atoms with van der Waals surface area (Å²) < 4.78 is 7.50. The molecule has 0 saturated heterocycles. The topological polar surface area (TPSA) is 60.2 Å². The van der Waals surface area contributed by atoms with Crippen LogP contribution in [-0.2, 0) is 11.8 Å². The number of nitrogens with zero attached hydrogens (tertiary/aromatic N) is 3. The molecule has 96 valence electrons. The number of ether oxygens (including phenoxy) is 1. The van der Waals surface area contributed by atoms with Crippen LogP contribution in [0.25, 0.3) is 0 Å². The predicted octanol–water partition coefficient (Wildman–Crippen LogP) is 1.23. The molecule has 1 saturated carbocycles. The summed E-state index contributed by atoms with van der Waals surface area (Å²) in [5.74, 6) is 0.596. The molecule has 1 aliphatic rings. The molecule has 0 aromatic carbocycles. The lowest BCUT2D eigenvalue weighted by molar-refractivity contribution is 0.00243. The minimum atomic E-state index is -0.433. The van der Waals surface area contributed by atoms with E-state index in [0.29, 0.717) is 18.5 Å². The van der Waals surface area contributed by atoms with Crippen molar-refractivity contribution < 1.29 is 9.84 Å². The van der Waals surface area contributed by atoms with Gasteiger partial charge in [0.25, 0.3) is 0 Å². The number of aromatic nitrogens is 3. The van der Waals surface area contributed by atoms with Crippen molar-refractivity contribution in [1.82, 2.24) is 14.8 Å². The highest BCUT2D eigenvalue weighted by Crippen LogP contribution is 2.21. The molecule has 1 aliphatic carbocycles. The Morgan fingerprint density at radius 3 is 3.00 bits per heavy atom. The Bertz CT molecular complexity index is 339. The van der Waals surface area contributed by atoms with Crippen LogP contribution in [0.3, 0.4) is 0 Å². The zero-order chi connectivity index (χ0) is 12.1. The Hall–Kier alpha value is -0.590. The largest absolute Gasteiger partial charge is 0.390 e. The monoisotopic (exact) mass is 257 g/mol. The number of hydrogen-bond donors (Lipinski definition) is 1. The third kappa shape index (κ3) is 3.97. The van der Waals surface area contributed by atoms with Crippen molar-refractivity contribution in [2.45, 2.75) is 43.0 Å². The molecular formula is C11H19N3O2S. The summed E-state index contributed by atoms with van der Waals surface area (Å²) in [6.07, 6.45) is 6.39. The fraction of sp³-hybridized carbons (Fsp3) is 0.818. The molecule has 1 aromatic heterocycles. The van der Waals surface area contributed by atoms with Gasteiger partial charge in [-0.3, -0.25) is 0 Å². The van der Waals surface area contributed by atoms with E-state index in [-0.39, 0.29) is 0 Å². The number of aliphatic hydroxyl groups is 1. The Balaban J connectivity index is 1.63. The number of aryl methyl sites for hydroxylation is 1. The molecule has 0 amide bonds. The fourth-order valence-corrected chi connectivity index (χ4v) is 2.72. The van der Waals surface area contributed by atoms with Gasteiger partial charge in [-0.1, -0.05) is 24.6 Å². The van der Waals surface area contributed by atoms with E-state index in [0.717, 1.165) is 18.0 Å². The molecule has 2 rings (SSSR count). The highest BCUT2D eigenvalue weighted by Gasteiger charge is 2.17. The van der Waals surface area contributed by atoms with Crippen LogP contribution in [0, 0.1) is 0 Å². The lowest BCUT2D eigenvalue weighted by Gasteiger charge is -2.14. The van der Waals surface area contributed by atoms with Crippen LogP contribution in [0.1, 0.15) is 25.7 Å². The maximum absolute atomic E-state index is 9.80.